The van der Waals surface area contributed by atoms with E-state index in [9.17, 15) is 0 Å². The first kappa shape index (κ1) is 12.3. The van der Waals surface area contributed by atoms with Gasteiger partial charge in [0.05, 0.1) is 12.7 Å². The van der Waals surface area contributed by atoms with Gasteiger partial charge in [-0.1, -0.05) is 26.7 Å². The summed E-state index contributed by atoms with van der Waals surface area (Å²) in [4.78, 5) is 0. The van der Waals surface area contributed by atoms with Crippen LogP contribution < -0.4 is 5.73 Å². The molecule has 1 rings (SSSR count). The van der Waals surface area contributed by atoms with Crippen LogP contribution >= 0.6 is 11.8 Å². The molecule has 1 fully saturated rings. The third-order valence-electron chi connectivity index (χ3n) is 2.78. The number of hydrogen-bond acceptors (Lipinski definition) is 3. The number of rotatable bonds is 5. The fourth-order valence-corrected chi connectivity index (χ4v) is 2.94. The van der Waals surface area contributed by atoms with Gasteiger partial charge < -0.3 is 10.5 Å². The molecule has 2 nitrogen and oxygen atoms in total. The average molecular weight is 217 g/mol. The van der Waals surface area contributed by atoms with Gasteiger partial charge in [0.15, 0.2) is 0 Å². The molecule has 0 saturated carbocycles. The van der Waals surface area contributed by atoms with Crippen molar-refractivity contribution in [1.82, 2.24) is 0 Å². The summed E-state index contributed by atoms with van der Waals surface area (Å²) in [6, 6.07) is 0.240. The van der Waals surface area contributed by atoms with E-state index in [-0.39, 0.29) is 6.04 Å². The van der Waals surface area contributed by atoms with Crippen LogP contribution in [0.2, 0.25) is 0 Å². The molecule has 3 heteroatoms. The molecule has 0 aromatic carbocycles. The lowest BCUT2D eigenvalue weighted by molar-refractivity contribution is 0.0512. The SMILES string of the molecule is CCCC(C)CC(N)C1CSCCO1. The van der Waals surface area contributed by atoms with Crippen molar-refractivity contribution in [3.63, 3.8) is 0 Å². The fraction of sp³-hybridized carbons (Fsp3) is 1.00. The normalized spacial score (nSPS) is 27.2. The molecule has 3 atom stereocenters. The van der Waals surface area contributed by atoms with Crippen molar-refractivity contribution < 1.29 is 4.74 Å². The van der Waals surface area contributed by atoms with Gasteiger partial charge in [0, 0.05) is 17.5 Å². The summed E-state index contributed by atoms with van der Waals surface area (Å²) in [5.74, 6) is 2.96. The molecule has 1 aliphatic heterocycles. The van der Waals surface area contributed by atoms with Gasteiger partial charge in [-0.2, -0.15) is 11.8 Å². The van der Waals surface area contributed by atoms with Crippen LogP contribution in [0.4, 0.5) is 0 Å². The molecule has 0 amide bonds. The molecule has 0 aromatic rings. The molecule has 0 spiro atoms. The van der Waals surface area contributed by atoms with Gasteiger partial charge in [-0.25, -0.2) is 0 Å². The van der Waals surface area contributed by atoms with E-state index in [0.29, 0.717) is 6.10 Å². The minimum Gasteiger partial charge on any atom is -0.375 e. The van der Waals surface area contributed by atoms with Crippen molar-refractivity contribution in [1.29, 1.82) is 0 Å². The van der Waals surface area contributed by atoms with E-state index in [0.717, 1.165) is 30.5 Å². The molecular formula is C11H23NOS. The van der Waals surface area contributed by atoms with Crippen LogP contribution in [0.5, 0.6) is 0 Å². The minimum atomic E-state index is 0.240. The molecule has 0 aromatic heterocycles. The van der Waals surface area contributed by atoms with E-state index in [1.807, 2.05) is 11.8 Å². The quantitative estimate of drug-likeness (QED) is 0.767. The second kappa shape index (κ2) is 6.70. The summed E-state index contributed by atoms with van der Waals surface area (Å²) in [5, 5.41) is 0. The van der Waals surface area contributed by atoms with Gasteiger partial charge in [-0.05, 0) is 12.3 Å². The van der Waals surface area contributed by atoms with Gasteiger partial charge in [-0.3, -0.25) is 0 Å². The monoisotopic (exact) mass is 217 g/mol. The minimum absolute atomic E-state index is 0.240. The Hall–Kier alpha value is 0.270. The Labute approximate surface area is 92.0 Å². The Morgan fingerprint density at radius 2 is 2.36 bits per heavy atom. The molecule has 84 valence electrons. The molecule has 0 aliphatic carbocycles. The Balaban J connectivity index is 2.21. The molecule has 2 N–H and O–H groups in total. The number of nitrogens with two attached hydrogens (primary N) is 1. The van der Waals surface area contributed by atoms with Crippen LogP contribution in [0.15, 0.2) is 0 Å². The van der Waals surface area contributed by atoms with Crippen molar-refractivity contribution in [3.8, 4) is 0 Å². The average Bonchev–Trinajstić information content (AvgIpc) is 2.19. The molecule has 1 heterocycles. The largest absolute Gasteiger partial charge is 0.375 e. The highest BCUT2D eigenvalue weighted by molar-refractivity contribution is 7.99. The van der Waals surface area contributed by atoms with E-state index in [1.54, 1.807) is 0 Å². The zero-order valence-electron chi connectivity index (χ0n) is 9.37. The lowest BCUT2D eigenvalue weighted by Gasteiger charge is -2.29. The molecule has 14 heavy (non-hydrogen) atoms. The van der Waals surface area contributed by atoms with Crippen molar-refractivity contribution >= 4 is 11.8 Å². The fourth-order valence-electron chi connectivity index (χ4n) is 1.98. The predicted octanol–water partition coefficient (Wildman–Crippen LogP) is 2.27. The molecule has 0 bridgehead atoms. The van der Waals surface area contributed by atoms with E-state index in [2.05, 4.69) is 13.8 Å². The number of ether oxygens (including phenoxy) is 1. The first-order chi connectivity index (χ1) is 6.74. The number of hydrogen-bond donors (Lipinski definition) is 1. The highest BCUT2D eigenvalue weighted by Gasteiger charge is 2.22. The maximum Gasteiger partial charge on any atom is 0.0816 e. The van der Waals surface area contributed by atoms with Crippen LogP contribution in [0, 0.1) is 5.92 Å². The van der Waals surface area contributed by atoms with Crippen LogP contribution in [0.1, 0.15) is 33.1 Å². The zero-order chi connectivity index (χ0) is 10.4. The van der Waals surface area contributed by atoms with Crippen molar-refractivity contribution in [2.45, 2.75) is 45.3 Å². The maximum absolute atomic E-state index is 6.14. The van der Waals surface area contributed by atoms with E-state index in [1.165, 1.54) is 12.8 Å². The highest BCUT2D eigenvalue weighted by atomic mass is 32.2. The summed E-state index contributed by atoms with van der Waals surface area (Å²) >= 11 is 1.97. The molecule has 0 radical (unpaired) electrons. The summed E-state index contributed by atoms with van der Waals surface area (Å²) in [7, 11) is 0. The smallest absolute Gasteiger partial charge is 0.0816 e. The second-order valence-corrected chi connectivity index (χ2v) is 5.43. The van der Waals surface area contributed by atoms with Gasteiger partial charge >= 0.3 is 0 Å². The zero-order valence-corrected chi connectivity index (χ0v) is 10.2. The summed E-state index contributed by atoms with van der Waals surface area (Å²) < 4.78 is 5.67. The molecule has 3 unspecified atom stereocenters. The van der Waals surface area contributed by atoms with Gasteiger partial charge in [0.25, 0.3) is 0 Å². The molecular weight excluding hydrogens is 194 g/mol. The first-order valence-corrected chi connectivity index (χ1v) is 6.84. The predicted molar refractivity (Wildman–Crippen MR) is 63.7 cm³/mol. The van der Waals surface area contributed by atoms with Crippen LogP contribution in [0.3, 0.4) is 0 Å². The summed E-state index contributed by atoms with van der Waals surface area (Å²) in [6.07, 6.45) is 3.95. The lowest BCUT2D eigenvalue weighted by atomic mass is 9.95. The van der Waals surface area contributed by atoms with Crippen LogP contribution in [-0.4, -0.2) is 30.3 Å². The Morgan fingerprint density at radius 3 is 2.93 bits per heavy atom. The van der Waals surface area contributed by atoms with Gasteiger partial charge in [0.2, 0.25) is 0 Å². The van der Waals surface area contributed by atoms with Crippen LogP contribution in [0.25, 0.3) is 0 Å². The Morgan fingerprint density at radius 1 is 1.57 bits per heavy atom. The summed E-state index contributed by atoms with van der Waals surface area (Å²) in [6.45, 7) is 5.40. The van der Waals surface area contributed by atoms with Crippen molar-refractivity contribution in [2.75, 3.05) is 18.1 Å². The second-order valence-electron chi connectivity index (χ2n) is 4.28. The summed E-state index contributed by atoms with van der Waals surface area (Å²) in [5.41, 5.74) is 6.14. The van der Waals surface area contributed by atoms with Crippen molar-refractivity contribution in [3.05, 3.63) is 0 Å². The van der Waals surface area contributed by atoms with Gasteiger partial charge in [0.1, 0.15) is 0 Å². The van der Waals surface area contributed by atoms with Crippen LogP contribution in [-0.2, 0) is 4.74 Å². The van der Waals surface area contributed by atoms with E-state index < -0.39 is 0 Å². The third-order valence-corrected chi connectivity index (χ3v) is 3.79. The maximum atomic E-state index is 6.14. The topological polar surface area (TPSA) is 35.2 Å². The third kappa shape index (κ3) is 4.20. The van der Waals surface area contributed by atoms with E-state index >= 15 is 0 Å². The first-order valence-electron chi connectivity index (χ1n) is 5.69. The standard InChI is InChI=1S/C11H23NOS/c1-3-4-9(2)7-10(12)11-8-14-6-5-13-11/h9-11H,3-8,12H2,1-2H3. The highest BCUT2D eigenvalue weighted by Crippen LogP contribution is 2.20. The molecule has 1 aliphatic rings. The van der Waals surface area contributed by atoms with E-state index in [4.69, 9.17) is 10.5 Å². The molecule has 1 saturated heterocycles. The lowest BCUT2D eigenvalue weighted by Crippen LogP contribution is -2.42. The van der Waals surface area contributed by atoms with Crippen molar-refractivity contribution in [2.24, 2.45) is 11.7 Å². The Bertz CT molecular complexity index is 148. The van der Waals surface area contributed by atoms with Gasteiger partial charge in [-0.15, -0.1) is 0 Å². The number of thioether (sulfide) groups is 1. The Kier molecular flexibility index (Phi) is 5.90.